The molecule has 1 aromatic carbocycles. The van der Waals surface area contributed by atoms with Crippen LogP contribution in [0, 0.1) is 22.9 Å². The number of carbonyl (C=O) groups excluding carboxylic acids is 1. The van der Waals surface area contributed by atoms with Crippen LogP contribution in [-0.2, 0) is 4.74 Å². The van der Waals surface area contributed by atoms with Gasteiger partial charge in [-0.05, 0) is 44.5 Å². The number of esters is 1. The molecule has 0 spiro atoms. The van der Waals surface area contributed by atoms with E-state index >= 15 is 0 Å². The van der Waals surface area contributed by atoms with E-state index < -0.39 is 22.4 Å². The van der Waals surface area contributed by atoms with Crippen LogP contribution in [0.4, 0.5) is 21.7 Å². The predicted molar refractivity (Wildman–Crippen MR) is 118 cm³/mol. The second-order valence-corrected chi connectivity index (χ2v) is 7.48. The minimum absolute atomic E-state index is 0.0565. The molecule has 0 bridgehead atoms. The number of anilines is 2. The Hall–Kier alpha value is -4.41. The molecule has 3 aromatic heterocycles. The van der Waals surface area contributed by atoms with E-state index in [2.05, 4.69) is 20.3 Å². The van der Waals surface area contributed by atoms with Gasteiger partial charge in [-0.15, -0.1) is 0 Å². The Kier molecular flexibility index (Phi) is 5.69. The fourth-order valence-corrected chi connectivity index (χ4v) is 3.23. The number of halogens is 1. The second-order valence-electron chi connectivity index (χ2n) is 7.48. The van der Waals surface area contributed by atoms with Crippen LogP contribution in [0.3, 0.4) is 0 Å². The lowest BCUT2D eigenvalue weighted by Crippen LogP contribution is -2.15. The fraction of sp³-hybridized carbons (Fsp3) is 0.182. The highest BCUT2D eigenvalue weighted by Gasteiger charge is 2.22. The van der Waals surface area contributed by atoms with Gasteiger partial charge in [0.1, 0.15) is 16.9 Å². The van der Waals surface area contributed by atoms with Crippen molar-refractivity contribution in [3.8, 4) is 11.4 Å². The molecular weight excluding hydrogens is 431 g/mol. The molecule has 0 aliphatic heterocycles. The van der Waals surface area contributed by atoms with Gasteiger partial charge in [-0.1, -0.05) is 6.07 Å². The summed E-state index contributed by atoms with van der Waals surface area (Å²) in [4.78, 5) is 36.0. The van der Waals surface area contributed by atoms with Gasteiger partial charge >= 0.3 is 11.7 Å². The van der Waals surface area contributed by atoms with Crippen molar-refractivity contribution in [2.75, 3.05) is 5.32 Å². The Labute approximate surface area is 187 Å². The molecule has 0 saturated carbocycles. The number of imidazole rings is 1. The van der Waals surface area contributed by atoms with Gasteiger partial charge in [0.25, 0.3) is 0 Å². The van der Waals surface area contributed by atoms with E-state index in [0.717, 1.165) is 12.1 Å². The molecule has 0 amide bonds. The zero-order valence-electron chi connectivity index (χ0n) is 17.9. The molecule has 168 valence electrons. The molecule has 10 nitrogen and oxygen atoms in total. The van der Waals surface area contributed by atoms with E-state index in [9.17, 15) is 19.3 Å². The normalized spacial score (nSPS) is 11.1. The SMILES string of the molecule is Cc1cc(F)c([N+](=O)[O-])cc1Nc1ncc(C(=O)OC(C)C)c(-c2cnc3ccccn23)n1. The standard InChI is InChI=1S/C22H19FN6O4/c1-12(2)33-21(30)14-10-25-22(26-16-9-17(29(31)32)15(23)8-13(16)3)27-20(14)18-11-24-19-6-4-5-7-28(18)19/h4-12H,1-3H3,(H,25,26,27). The molecule has 0 fully saturated rings. The van der Waals surface area contributed by atoms with Crippen LogP contribution >= 0.6 is 0 Å². The minimum Gasteiger partial charge on any atom is -0.459 e. The van der Waals surface area contributed by atoms with Crippen LogP contribution in [0.1, 0.15) is 29.8 Å². The average molecular weight is 450 g/mol. The zero-order valence-corrected chi connectivity index (χ0v) is 17.9. The molecule has 0 aliphatic rings. The summed E-state index contributed by atoms with van der Waals surface area (Å²) in [5, 5.41) is 14.0. The van der Waals surface area contributed by atoms with E-state index in [1.54, 1.807) is 43.6 Å². The van der Waals surface area contributed by atoms with Gasteiger partial charge in [-0.3, -0.25) is 14.5 Å². The smallest absolute Gasteiger partial charge is 0.342 e. The van der Waals surface area contributed by atoms with Gasteiger partial charge in [-0.25, -0.2) is 19.7 Å². The summed E-state index contributed by atoms with van der Waals surface area (Å²) in [6, 6.07) is 7.57. The molecule has 0 unspecified atom stereocenters. The molecular formula is C22H19FN6O4. The van der Waals surface area contributed by atoms with Crippen molar-refractivity contribution < 1.29 is 18.8 Å². The van der Waals surface area contributed by atoms with Gasteiger partial charge < -0.3 is 10.1 Å². The number of nitrogens with zero attached hydrogens (tertiary/aromatic N) is 5. The first-order chi connectivity index (χ1) is 15.7. The molecule has 4 rings (SSSR count). The Balaban J connectivity index is 1.82. The highest BCUT2D eigenvalue weighted by atomic mass is 19.1. The Morgan fingerprint density at radius 3 is 2.76 bits per heavy atom. The molecule has 33 heavy (non-hydrogen) atoms. The van der Waals surface area contributed by atoms with Crippen LogP contribution in [0.25, 0.3) is 17.0 Å². The number of aryl methyl sites for hydroxylation is 1. The van der Waals surface area contributed by atoms with E-state index in [0.29, 0.717) is 16.9 Å². The molecule has 0 atom stereocenters. The lowest BCUT2D eigenvalue weighted by Gasteiger charge is -2.13. The third kappa shape index (κ3) is 4.33. The quantitative estimate of drug-likeness (QED) is 0.259. The Bertz CT molecular complexity index is 1380. The minimum atomic E-state index is -0.942. The molecule has 11 heteroatoms. The van der Waals surface area contributed by atoms with Crippen molar-refractivity contribution in [2.24, 2.45) is 0 Å². The zero-order chi connectivity index (χ0) is 23.7. The van der Waals surface area contributed by atoms with Crippen LogP contribution in [0.2, 0.25) is 0 Å². The van der Waals surface area contributed by atoms with E-state index in [-0.39, 0.29) is 29.0 Å². The molecule has 1 N–H and O–H groups in total. The van der Waals surface area contributed by atoms with Crippen LogP contribution in [-0.4, -0.2) is 36.3 Å². The number of nitro groups is 1. The summed E-state index contributed by atoms with van der Waals surface area (Å²) in [6.07, 6.45) is 4.30. The fourth-order valence-electron chi connectivity index (χ4n) is 3.23. The third-order valence-electron chi connectivity index (χ3n) is 4.75. The number of rotatable bonds is 6. The van der Waals surface area contributed by atoms with Crippen LogP contribution in [0.15, 0.2) is 48.9 Å². The number of nitro benzene ring substituents is 1. The summed E-state index contributed by atoms with van der Waals surface area (Å²) >= 11 is 0. The van der Waals surface area contributed by atoms with Crippen molar-refractivity contribution in [1.82, 2.24) is 19.4 Å². The number of benzene rings is 1. The monoisotopic (exact) mass is 450 g/mol. The highest BCUT2D eigenvalue weighted by Crippen LogP contribution is 2.29. The maximum absolute atomic E-state index is 13.9. The van der Waals surface area contributed by atoms with Crippen molar-refractivity contribution in [3.05, 3.63) is 76.0 Å². The number of pyridine rings is 1. The van der Waals surface area contributed by atoms with Gasteiger partial charge in [0.2, 0.25) is 11.8 Å². The number of fused-ring (bicyclic) bond motifs is 1. The summed E-state index contributed by atoms with van der Waals surface area (Å²) in [7, 11) is 0. The highest BCUT2D eigenvalue weighted by molar-refractivity contribution is 5.96. The number of ether oxygens (including phenoxy) is 1. The van der Waals surface area contributed by atoms with Crippen molar-refractivity contribution in [2.45, 2.75) is 26.9 Å². The van der Waals surface area contributed by atoms with E-state index in [1.165, 1.54) is 6.20 Å². The first-order valence-electron chi connectivity index (χ1n) is 9.96. The van der Waals surface area contributed by atoms with Crippen molar-refractivity contribution in [1.29, 1.82) is 0 Å². The van der Waals surface area contributed by atoms with Gasteiger partial charge in [0.05, 0.1) is 28.6 Å². The second kappa shape index (κ2) is 8.61. The summed E-state index contributed by atoms with van der Waals surface area (Å²) in [5.74, 6) is -1.49. The molecule has 0 radical (unpaired) electrons. The topological polar surface area (TPSA) is 125 Å². The predicted octanol–water partition coefficient (Wildman–Crippen LogP) is 4.46. The van der Waals surface area contributed by atoms with E-state index in [1.807, 2.05) is 12.1 Å². The van der Waals surface area contributed by atoms with E-state index in [4.69, 9.17) is 4.74 Å². The molecule has 0 aliphatic carbocycles. The van der Waals surface area contributed by atoms with Gasteiger partial charge in [0.15, 0.2) is 0 Å². The lowest BCUT2D eigenvalue weighted by molar-refractivity contribution is -0.387. The maximum atomic E-state index is 13.9. The maximum Gasteiger partial charge on any atom is 0.342 e. The average Bonchev–Trinajstić information content (AvgIpc) is 3.19. The molecule has 3 heterocycles. The number of hydrogen-bond acceptors (Lipinski definition) is 8. The van der Waals surface area contributed by atoms with Gasteiger partial charge in [0, 0.05) is 18.5 Å². The first kappa shape index (κ1) is 21.8. The molecule has 4 aromatic rings. The molecule has 0 saturated heterocycles. The van der Waals surface area contributed by atoms with Gasteiger partial charge in [-0.2, -0.15) is 4.39 Å². The first-order valence-corrected chi connectivity index (χ1v) is 9.96. The number of hydrogen-bond donors (Lipinski definition) is 1. The van der Waals surface area contributed by atoms with Crippen LogP contribution in [0.5, 0.6) is 0 Å². The largest absolute Gasteiger partial charge is 0.459 e. The number of aromatic nitrogens is 4. The van der Waals surface area contributed by atoms with Crippen molar-refractivity contribution >= 4 is 28.9 Å². The third-order valence-corrected chi connectivity index (χ3v) is 4.75. The Morgan fingerprint density at radius 2 is 2.03 bits per heavy atom. The summed E-state index contributed by atoms with van der Waals surface area (Å²) < 4.78 is 21.0. The Morgan fingerprint density at radius 1 is 1.24 bits per heavy atom. The number of nitrogens with one attached hydrogen (secondary N) is 1. The van der Waals surface area contributed by atoms with Crippen LogP contribution < -0.4 is 5.32 Å². The number of carbonyl (C=O) groups is 1. The summed E-state index contributed by atoms with van der Waals surface area (Å²) in [5.41, 5.74) is 1.54. The summed E-state index contributed by atoms with van der Waals surface area (Å²) in [6.45, 7) is 5.05. The lowest BCUT2D eigenvalue weighted by atomic mass is 10.1. The van der Waals surface area contributed by atoms with Crippen molar-refractivity contribution in [3.63, 3.8) is 0 Å².